The van der Waals surface area contributed by atoms with E-state index in [0.717, 1.165) is 25.9 Å². The van der Waals surface area contributed by atoms with Gasteiger partial charge in [-0.2, -0.15) is 0 Å². The van der Waals surface area contributed by atoms with E-state index in [4.69, 9.17) is 0 Å². The lowest BCUT2D eigenvalue weighted by Crippen LogP contribution is -2.26. The van der Waals surface area contributed by atoms with Crippen molar-refractivity contribution >= 4 is 0 Å². The summed E-state index contributed by atoms with van der Waals surface area (Å²) >= 11 is 0. The van der Waals surface area contributed by atoms with Crippen LogP contribution < -0.4 is 5.32 Å². The predicted molar refractivity (Wildman–Crippen MR) is 76.2 cm³/mol. The molecule has 1 aromatic rings. The fourth-order valence-electron chi connectivity index (χ4n) is 2.41. The molecule has 0 bridgehead atoms. The van der Waals surface area contributed by atoms with Crippen molar-refractivity contribution in [3.05, 3.63) is 35.4 Å². The van der Waals surface area contributed by atoms with Gasteiger partial charge in [-0.1, -0.05) is 32.9 Å². The van der Waals surface area contributed by atoms with Crippen LogP contribution in [-0.2, 0) is 6.42 Å². The van der Waals surface area contributed by atoms with Crippen molar-refractivity contribution in [2.45, 2.75) is 40.0 Å². The van der Waals surface area contributed by atoms with E-state index in [1.807, 2.05) is 0 Å². The van der Waals surface area contributed by atoms with Crippen molar-refractivity contribution < 1.29 is 8.78 Å². The number of hydrogen-bond acceptors (Lipinski definition) is 1. The Labute approximate surface area is 115 Å². The second kappa shape index (κ2) is 8.26. The molecule has 0 saturated heterocycles. The van der Waals surface area contributed by atoms with Crippen molar-refractivity contribution in [1.29, 1.82) is 0 Å². The molecule has 3 heteroatoms. The van der Waals surface area contributed by atoms with Gasteiger partial charge < -0.3 is 5.32 Å². The van der Waals surface area contributed by atoms with Gasteiger partial charge >= 0.3 is 0 Å². The Balaban J connectivity index is 2.67. The molecular weight excluding hydrogens is 244 g/mol. The minimum absolute atomic E-state index is 0.350. The molecule has 108 valence electrons. The third kappa shape index (κ3) is 5.68. The Morgan fingerprint density at radius 3 is 2.58 bits per heavy atom. The molecule has 0 fully saturated rings. The third-order valence-electron chi connectivity index (χ3n) is 3.20. The van der Waals surface area contributed by atoms with Crippen molar-refractivity contribution in [2.24, 2.45) is 11.8 Å². The van der Waals surface area contributed by atoms with Gasteiger partial charge in [-0.05, 0) is 55.8 Å². The lowest BCUT2D eigenvalue weighted by atomic mass is 9.90. The molecule has 1 unspecified atom stereocenters. The zero-order valence-electron chi connectivity index (χ0n) is 12.2. The summed E-state index contributed by atoms with van der Waals surface area (Å²) in [5.74, 6) is -0.526. The average Bonchev–Trinajstić information content (AvgIpc) is 2.34. The first-order valence-corrected chi connectivity index (χ1v) is 7.18. The molecule has 0 aliphatic rings. The number of benzene rings is 1. The second-order valence-corrected chi connectivity index (χ2v) is 5.62. The van der Waals surface area contributed by atoms with E-state index in [2.05, 4.69) is 26.1 Å². The molecule has 1 nitrogen and oxygen atoms in total. The Kier molecular flexibility index (Phi) is 7.00. The molecule has 19 heavy (non-hydrogen) atoms. The maximum Gasteiger partial charge on any atom is 0.162 e. The summed E-state index contributed by atoms with van der Waals surface area (Å²) < 4.78 is 26.9. The summed E-state index contributed by atoms with van der Waals surface area (Å²) in [6, 6.07) is 4.44. The zero-order chi connectivity index (χ0) is 14.3. The maximum absolute atomic E-state index is 13.7. The van der Waals surface area contributed by atoms with Crippen LogP contribution in [0.15, 0.2) is 18.2 Å². The molecule has 0 heterocycles. The Morgan fingerprint density at radius 1 is 1.21 bits per heavy atom. The van der Waals surface area contributed by atoms with Crippen LogP contribution >= 0.6 is 0 Å². The van der Waals surface area contributed by atoms with E-state index in [-0.39, 0.29) is 0 Å². The first-order chi connectivity index (χ1) is 9.04. The highest BCUT2D eigenvalue weighted by Gasteiger charge is 2.15. The fraction of sp³-hybridized carbons (Fsp3) is 0.625. The maximum atomic E-state index is 13.7. The second-order valence-electron chi connectivity index (χ2n) is 5.62. The van der Waals surface area contributed by atoms with E-state index >= 15 is 0 Å². The standard InChI is InChI=1S/C16H25F2N/c1-4-8-19-11-13(9-12(2)3)10-14-6-5-7-15(17)16(14)18/h5-7,12-13,19H,4,8-11H2,1-3H3. The molecule has 0 aromatic heterocycles. The molecule has 1 atom stereocenters. The molecule has 0 saturated carbocycles. The molecule has 0 radical (unpaired) electrons. The Hall–Kier alpha value is -0.960. The topological polar surface area (TPSA) is 12.0 Å². The minimum Gasteiger partial charge on any atom is -0.316 e. The van der Waals surface area contributed by atoms with Crippen molar-refractivity contribution in [2.75, 3.05) is 13.1 Å². The lowest BCUT2D eigenvalue weighted by Gasteiger charge is -2.20. The summed E-state index contributed by atoms with van der Waals surface area (Å²) in [4.78, 5) is 0. The first-order valence-electron chi connectivity index (χ1n) is 7.18. The van der Waals surface area contributed by atoms with Gasteiger partial charge in [0.25, 0.3) is 0 Å². The Bertz CT molecular complexity index is 377. The van der Waals surface area contributed by atoms with Crippen LogP contribution in [0.4, 0.5) is 8.78 Å². The molecule has 0 spiro atoms. The highest BCUT2D eigenvalue weighted by Crippen LogP contribution is 2.20. The van der Waals surface area contributed by atoms with Crippen LogP contribution in [0, 0.1) is 23.5 Å². The lowest BCUT2D eigenvalue weighted by molar-refractivity contribution is 0.378. The molecule has 1 N–H and O–H groups in total. The average molecular weight is 269 g/mol. The quantitative estimate of drug-likeness (QED) is 0.698. The van der Waals surface area contributed by atoms with Crippen LogP contribution in [0.3, 0.4) is 0 Å². The van der Waals surface area contributed by atoms with Gasteiger partial charge in [-0.15, -0.1) is 0 Å². The molecule has 0 aliphatic heterocycles. The van der Waals surface area contributed by atoms with Gasteiger partial charge in [0.05, 0.1) is 0 Å². The van der Waals surface area contributed by atoms with Gasteiger partial charge in [0.1, 0.15) is 0 Å². The number of hydrogen-bond donors (Lipinski definition) is 1. The third-order valence-corrected chi connectivity index (χ3v) is 3.20. The van der Waals surface area contributed by atoms with E-state index in [1.54, 1.807) is 12.1 Å². The summed E-state index contributed by atoms with van der Waals surface area (Å²) in [5.41, 5.74) is 0.490. The van der Waals surface area contributed by atoms with Crippen molar-refractivity contribution in [1.82, 2.24) is 5.32 Å². The molecule has 1 rings (SSSR count). The summed E-state index contributed by atoms with van der Waals surface area (Å²) in [5, 5.41) is 3.38. The normalized spacial score (nSPS) is 12.9. The van der Waals surface area contributed by atoms with Crippen LogP contribution in [0.2, 0.25) is 0 Å². The minimum atomic E-state index is -0.748. The van der Waals surface area contributed by atoms with Gasteiger partial charge in [0, 0.05) is 0 Å². The highest BCUT2D eigenvalue weighted by atomic mass is 19.2. The highest BCUT2D eigenvalue weighted by molar-refractivity contribution is 5.19. The fourth-order valence-corrected chi connectivity index (χ4v) is 2.41. The molecule has 0 aliphatic carbocycles. The van der Waals surface area contributed by atoms with Gasteiger partial charge in [-0.25, -0.2) is 8.78 Å². The van der Waals surface area contributed by atoms with E-state index < -0.39 is 11.6 Å². The smallest absolute Gasteiger partial charge is 0.162 e. The van der Waals surface area contributed by atoms with Crippen LogP contribution in [0.25, 0.3) is 0 Å². The van der Waals surface area contributed by atoms with E-state index in [9.17, 15) is 8.78 Å². The number of nitrogens with one attached hydrogen (secondary N) is 1. The number of rotatable bonds is 8. The van der Waals surface area contributed by atoms with Crippen LogP contribution in [0.1, 0.15) is 39.2 Å². The predicted octanol–water partition coefficient (Wildman–Crippen LogP) is 4.17. The van der Waals surface area contributed by atoms with Gasteiger partial charge in [-0.3, -0.25) is 0 Å². The molecular formula is C16H25F2N. The van der Waals surface area contributed by atoms with Crippen molar-refractivity contribution in [3.63, 3.8) is 0 Å². The SMILES string of the molecule is CCCNCC(Cc1cccc(F)c1F)CC(C)C. The zero-order valence-corrected chi connectivity index (χ0v) is 12.2. The van der Waals surface area contributed by atoms with E-state index in [1.165, 1.54) is 6.07 Å². The monoisotopic (exact) mass is 269 g/mol. The first kappa shape index (κ1) is 16.1. The van der Waals surface area contributed by atoms with E-state index in [0.29, 0.717) is 23.8 Å². The largest absolute Gasteiger partial charge is 0.316 e. The molecule has 0 amide bonds. The molecule has 1 aromatic carbocycles. The van der Waals surface area contributed by atoms with Crippen molar-refractivity contribution in [3.8, 4) is 0 Å². The number of halogens is 2. The van der Waals surface area contributed by atoms with Crippen LogP contribution in [-0.4, -0.2) is 13.1 Å². The Morgan fingerprint density at radius 2 is 1.95 bits per heavy atom. The van der Waals surface area contributed by atoms with Crippen LogP contribution in [0.5, 0.6) is 0 Å². The van der Waals surface area contributed by atoms with Gasteiger partial charge in [0.15, 0.2) is 11.6 Å². The summed E-state index contributed by atoms with van der Waals surface area (Å²) in [7, 11) is 0. The summed E-state index contributed by atoms with van der Waals surface area (Å²) in [6.07, 6.45) is 2.70. The van der Waals surface area contributed by atoms with Gasteiger partial charge in [0.2, 0.25) is 0 Å². The summed E-state index contributed by atoms with van der Waals surface area (Å²) in [6.45, 7) is 8.28.